The van der Waals surface area contributed by atoms with Crippen LogP contribution in [-0.2, 0) is 4.74 Å². The van der Waals surface area contributed by atoms with Gasteiger partial charge in [0.05, 0.1) is 0 Å². The molecule has 6 heteroatoms. The molecule has 2 aromatic rings. The van der Waals surface area contributed by atoms with Crippen molar-refractivity contribution in [3.05, 3.63) is 40.8 Å². The molecule has 0 radical (unpaired) electrons. The number of H-pyrrole nitrogens is 1. The maximum atomic E-state index is 12.6. The van der Waals surface area contributed by atoms with Crippen molar-refractivity contribution in [1.29, 1.82) is 0 Å². The van der Waals surface area contributed by atoms with Gasteiger partial charge in [-0.3, -0.25) is 4.79 Å². The first-order valence-corrected chi connectivity index (χ1v) is 9.69. The van der Waals surface area contributed by atoms with Gasteiger partial charge in [0.1, 0.15) is 5.60 Å². The molecule has 0 aliphatic carbocycles. The van der Waals surface area contributed by atoms with Gasteiger partial charge in [-0.15, -0.1) is 0 Å². The lowest BCUT2D eigenvalue weighted by Gasteiger charge is -2.40. The van der Waals surface area contributed by atoms with Gasteiger partial charge in [-0.25, -0.2) is 4.79 Å². The predicted octanol–water partition coefficient (Wildman–Crippen LogP) is 3.87. The Morgan fingerprint density at radius 2 is 1.89 bits per heavy atom. The lowest BCUT2D eigenvalue weighted by Crippen LogP contribution is -2.51. The SMILES string of the molecule is CC(C)(C)OC(=O)N1[C@@H]2CC[C@H]1C[C@H](Nc1ccc3c(=O)[nH]ccc3c1)C2. The average molecular weight is 369 g/mol. The number of hydrogen-bond donors (Lipinski definition) is 2. The molecule has 2 bridgehead atoms. The van der Waals surface area contributed by atoms with Crippen LogP contribution in [0.25, 0.3) is 10.8 Å². The molecule has 1 aromatic heterocycles. The Labute approximate surface area is 158 Å². The summed E-state index contributed by atoms with van der Waals surface area (Å²) in [5, 5.41) is 5.24. The summed E-state index contributed by atoms with van der Waals surface area (Å²) in [5.41, 5.74) is 0.486. The minimum Gasteiger partial charge on any atom is -0.444 e. The molecule has 2 saturated heterocycles. The van der Waals surface area contributed by atoms with E-state index in [0.29, 0.717) is 11.4 Å². The summed E-state index contributed by atoms with van der Waals surface area (Å²) in [7, 11) is 0. The minimum absolute atomic E-state index is 0.0669. The van der Waals surface area contributed by atoms with Crippen LogP contribution in [0, 0.1) is 0 Å². The summed E-state index contributed by atoms with van der Waals surface area (Å²) in [6.45, 7) is 5.73. The number of piperidine rings is 1. The maximum absolute atomic E-state index is 12.6. The van der Waals surface area contributed by atoms with Gasteiger partial charge in [-0.05, 0) is 76.1 Å². The third-order valence-electron chi connectivity index (χ3n) is 5.48. The highest BCUT2D eigenvalue weighted by atomic mass is 16.6. The van der Waals surface area contributed by atoms with E-state index in [4.69, 9.17) is 4.74 Å². The molecule has 0 unspecified atom stereocenters. The molecular weight excluding hydrogens is 342 g/mol. The number of anilines is 1. The first-order chi connectivity index (χ1) is 12.8. The molecule has 27 heavy (non-hydrogen) atoms. The number of aromatic nitrogens is 1. The number of carbonyl (C=O) groups excluding carboxylic acids is 1. The van der Waals surface area contributed by atoms with Crippen LogP contribution in [0.2, 0.25) is 0 Å². The van der Waals surface area contributed by atoms with Crippen molar-refractivity contribution in [3.8, 4) is 0 Å². The van der Waals surface area contributed by atoms with E-state index in [0.717, 1.165) is 36.8 Å². The van der Waals surface area contributed by atoms with E-state index in [2.05, 4.69) is 10.3 Å². The monoisotopic (exact) mass is 369 g/mol. The van der Waals surface area contributed by atoms with Crippen molar-refractivity contribution >= 4 is 22.6 Å². The third-order valence-corrected chi connectivity index (χ3v) is 5.48. The summed E-state index contributed by atoms with van der Waals surface area (Å²) >= 11 is 0. The molecule has 0 saturated carbocycles. The van der Waals surface area contributed by atoms with Crippen LogP contribution in [0.15, 0.2) is 35.3 Å². The second kappa shape index (κ2) is 6.59. The predicted molar refractivity (Wildman–Crippen MR) is 106 cm³/mol. The average Bonchev–Trinajstić information content (AvgIpc) is 2.85. The Balaban J connectivity index is 1.46. The van der Waals surface area contributed by atoms with E-state index in [9.17, 15) is 9.59 Å². The van der Waals surface area contributed by atoms with Crippen molar-refractivity contribution in [1.82, 2.24) is 9.88 Å². The van der Waals surface area contributed by atoms with Crippen LogP contribution in [0.5, 0.6) is 0 Å². The van der Waals surface area contributed by atoms with E-state index in [1.54, 1.807) is 6.20 Å². The Bertz CT molecular complexity index is 901. The number of nitrogens with zero attached hydrogens (tertiary/aromatic N) is 1. The fraction of sp³-hybridized carbons (Fsp3) is 0.524. The van der Waals surface area contributed by atoms with Gasteiger partial charge in [0.15, 0.2) is 0 Å². The number of fused-ring (bicyclic) bond motifs is 3. The molecule has 0 spiro atoms. The summed E-state index contributed by atoms with van der Waals surface area (Å²) < 4.78 is 5.60. The Hall–Kier alpha value is -2.50. The molecule has 1 aromatic carbocycles. The molecule has 2 N–H and O–H groups in total. The highest BCUT2D eigenvalue weighted by molar-refractivity contribution is 5.84. The molecule has 2 aliphatic rings. The van der Waals surface area contributed by atoms with Crippen molar-refractivity contribution in [2.24, 2.45) is 0 Å². The number of aromatic amines is 1. The lowest BCUT2D eigenvalue weighted by molar-refractivity contribution is 0.00684. The molecule has 1 amide bonds. The van der Waals surface area contributed by atoms with Crippen LogP contribution in [0.4, 0.5) is 10.5 Å². The number of amides is 1. The highest BCUT2D eigenvalue weighted by Gasteiger charge is 2.44. The van der Waals surface area contributed by atoms with Gasteiger partial charge in [0.2, 0.25) is 0 Å². The van der Waals surface area contributed by atoms with Crippen LogP contribution in [0.1, 0.15) is 46.5 Å². The zero-order valence-electron chi connectivity index (χ0n) is 16.1. The fourth-order valence-corrected chi connectivity index (χ4v) is 4.43. The normalized spacial score (nSPS) is 24.9. The van der Waals surface area contributed by atoms with Gasteiger partial charge in [-0.2, -0.15) is 0 Å². The topological polar surface area (TPSA) is 74.4 Å². The largest absolute Gasteiger partial charge is 0.444 e. The number of hydrogen-bond acceptors (Lipinski definition) is 4. The Morgan fingerprint density at radius 1 is 1.19 bits per heavy atom. The molecule has 2 aliphatic heterocycles. The zero-order valence-corrected chi connectivity index (χ0v) is 16.1. The van der Waals surface area contributed by atoms with Crippen molar-refractivity contribution in [2.45, 2.75) is 70.2 Å². The first-order valence-electron chi connectivity index (χ1n) is 9.69. The number of ether oxygens (including phenoxy) is 1. The number of carbonyl (C=O) groups is 1. The molecular formula is C21H27N3O3. The van der Waals surface area contributed by atoms with E-state index in [1.807, 2.05) is 49.9 Å². The van der Waals surface area contributed by atoms with Crippen molar-refractivity contribution < 1.29 is 9.53 Å². The minimum atomic E-state index is -0.464. The summed E-state index contributed by atoms with van der Waals surface area (Å²) in [4.78, 5) is 29.1. The van der Waals surface area contributed by atoms with Crippen LogP contribution in [-0.4, -0.2) is 39.7 Å². The quantitative estimate of drug-likeness (QED) is 0.843. The van der Waals surface area contributed by atoms with Crippen LogP contribution >= 0.6 is 0 Å². The van der Waals surface area contributed by atoms with Gasteiger partial charge < -0.3 is 19.9 Å². The van der Waals surface area contributed by atoms with Gasteiger partial charge in [0.25, 0.3) is 5.56 Å². The van der Waals surface area contributed by atoms with E-state index < -0.39 is 5.60 Å². The first kappa shape index (κ1) is 17.9. The number of pyridine rings is 1. The standard InChI is InChI=1S/C21H27N3O3/c1-21(2,3)27-20(26)24-16-5-6-17(24)12-15(11-16)23-14-4-7-18-13(10-14)8-9-22-19(18)25/h4,7-10,15-17,23H,5-6,11-12H2,1-3H3,(H,22,25)/t15-,16-,17+. The number of benzene rings is 1. The zero-order chi connectivity index (χ0) is 19.2. The lowest BCUT2D eigenvalue weighted by atomic mass is 9.97. The number of rotatable bonds is 2. The summed E-state index contributed by atoms with van der Waals surface area (Å²) in [6.07, 6.45) is 5.41. The van der Waals surface area contributed by atoms with Crippen molar-refractivity contribution in [3.63, 3.8) is 0 Å². The molecule has 4 rings (SSSR count). The van der Waals surface area contributed by atoms with E-state index in [-0.39, 0.29) is 23.7 Å². The summed E-state index contributed by atoms with van der Waals surface area (Å²) in [5.74, 6) is 0. The van der Waals surface area contributed by atoms with Crippen LogP contribution < -0.4 is 10.9 Å². The van der Waals surface area contributed by atoms with Gasteiger partial charge in [0, 0.05) is 35.4 Å². The third kappa shape index (κ3) is 3.66. The molecule has 144 valence electrons. The second-order valence-electron chi connectivity index (χ2n) is 8.69. The molecule has 3 heterocycles. The fourth-order valence-electron chi connectivity index (χ4n) is 4.43. The van der Waals surface area contributed by atoms with Gasteiger partial charge in [-0.1, -0.05) is 0 Å². The summed E-state index contributed by atoms with van der Waals surface area (Å²) in [6, 6.07) is 8.55. The molecule has 2 fully saturated rings. The smallest absolute Gasteiger partial charge is 0.410 e. The highest BCUT2D eigenvalue weighted by Crippen LogP contribution is 2.38. The van der Waals surface area contributed by atoms with Crippen LogP contribution in [0.3, 0.4) is 0 Å². The molecule has 6 nitrogen and oxygen atoms in total. The Morgan fingerprint density at radius 3 is 2.56 bits per heavy atom. The van der Waals surface area contributed by atoms with Gasteiger partial charge >= 0.3 is 6.09 Å². The number of nitrogens with one attached hydrogen (secondary N) is 2. The van der Waals surface area contributed by atoms with Crippen molar-refractivity contribution in [2.75, 3.05) is 5.32 Å². The van der Waals surface area contributed by atoms with E-state index >= 15 is 0 Å². The second-order valence-corrected chi connectivity index (χ2v) is 8.69. The molecule has 3 atom stereocenters. The van der Waals surface area contributed by atoms with E-state index in [1.165, 1.54) is 0 Å². The maximum Gasteiger partial charge on any atom is 0.410 e. The Kier molecular flexibility index (Phi) is 4.36.